The maximum atomic E-state index is 12.9. The summed E-state index contributed by atoms with van der Waals surface area (Å²) >= 11 is 6.25. The molecule has 0 aliphatic carbocycles. The fourth-order valence-electron chi connectivity index (χ4n) is 2.84. The SMILES string of the molecule is Cc1onc(-c2ccccc2Cl)c1C(=O)NCc1nccnc1-c1ccco1. The van der Waals surface area contributed by atoms with Crippen LogP contribution >= 0.6 is 11.6 Å². The van der Waals surface area contributed by atoms with Crippen LogP contribution in [0, 0.1) is 6.92 Å². The van der Waals surface area contributed by atoms with E-state index in [0.29, 0.717) is 44.8 Å². The summed E-state index contributed by atoms with van der Waals surface area (Å²) < 4.78 is 10.6. The van der Waals surface area contributed by atoms with Crippen molar-refractivity contribution in [2.45, 2.75) is 13.5 Å². The van der Waals surface area contributed by atoms with Crippen LogP contribution < -0.4 is 5.32 Å². The Hall–Kier alpha value is -3.45. The van der Waals surface area contributed by atoms with Crippen LogP contribution in [0.15, 0.2) is 64.0 Å². The standard InChI is InChI=1S/C20H15ClN4O3/c1-12-17(18(25-28-12)13-5-2-3-6-14(13)21)20(26)24-11-15-19(23-9-8-22-15)16-7-4-10-27-16/h2-10H,11H2,1H3,(H,24,26). The second-order valence-corrected chi connectivity index (χ2v) is 6.36. The number of nitrogens with one attached hydrogen (secondary N) is 1. The van der Waals surface area contributed by atoms with Gasteiger partial charge in [-0.2, -0.15) is 0 Å². The van der Waals surface area contributed by atoms with Crippen LogP contribution in [0.2, 0.25) is 5.02 Å². The van der Waals surface area contributed by atoms with E-state index in [1.807, 2.05) is 12.1 Å². The van der Waals surface area contributed by atoms with Crippen molar-refractivity contribution in [2.75, 3.05) is 0 Å². The Morgan fingerprint density at radius 3 is 2.71 bits per heavy atom. The van der Waals surface area contributed by atoms with E-state index in [1.54, 1.807) is 49.8 Å². The largest absolute Gasteiger partial charge is 0.463 e. The van der Waals surface area contributed by atoms with E-state index in [0.717, 1.165) is 0 Å². The van der Waals surface area contributed by atoms with Gasteiger partial charge in [0.05, 0.1) is 23.5 Å². The van der Waals surface area contributed by atoms with Crippen molar-refractivity contribution in [3.63, 3.8) is 0 Å². The molecular weight excluding hydrogens is 380 g/mol. The molecule has 0 aliphatic heterocycles. The maximum absolute atomic E-state index is 12.9. The van der Waals surface area contributed by atoms with Crippen LogP contribution in [0.25, 0.3) is 22.7 Å². The van der Waals surface area contributed by atoms with Crippen molar-refractivity contribution >= 4 is 17.5 Å². The van der Waals surface area contributed by atoms with Gasteiger partial charge >= 0.3 is 0 Å². The minimum Gasteiger partial charge on any atom is -0.463 e. The minimum absolute atomic E-state index is 0.162. The predicted octanol–water partition coefficient (Wildman–Crippen LogP) is 4.28. The molecule has 4 aromatic rings. The lowest BCUT2D eigenvalue weighted by molar-refractivity contribution is 0.0949. The molecule has 0 saturated carbocycles. The molecule has 0 fully saturated rings. The molecule has 0 saturated heterocycles. The number of halogens is 1. The van der Waals surface area contributed by atoms with Gasteiger partial charge in [0, 0.05) is 18.0 Å². The van der Waals surface area contributed by atoms with Gasteiger partial charge in [-0.25, -0.2) is 4.98 Å². The van der Waals surface area contributed by atoms with E-state index < -0.39 is 0 Å². The Labute approximate surface area is 165 Å². The van der Waals surface area contributed by atoms with Crippen LogP contribution in [0.5, 0.6) is 0 Å². The van der Waals surface area contributed by atoms with Gasteiger partial charge in [-0.15, -0.1) is 0 Å². The molecule has 4 rings (SSSR count). The Kier molecular flexibility index (Phi) is 4.90. The first-order chi connectivity index (χ1) is 13.6. The van der Waals surface area contributed by atoms with E-state index in [-0.39, 0.29) is 12.5 Å². The normalized spacial score (nSPS) is 10.8. The monoisotopic (exact) mass is 394 g/mol. The molecule has 28 heavy (non-hydrogen) atoms. The van der Waals surface area contributed by atoms with E-state index in [2.05, 4.69) is 20.4 Å². The quantitative estimate of drug-likeness (QED) is 0.542. The van der Waals surface area contributed by atoms with E-state index in [4.69, 9.17) is 20.5 Å². The number of nitrogens with zero attached hydrogens (tertiary/aromatic N) is 3. The molecule has 0 aliphatic rings. The Bertz CT molecular complexity index is 1120. The number of benzene rings is 1. The highest BCUT2D eigenvalue weighted by Gasteiger charge is 2.23. The summed E-state index contributed by atoms with van der Waals surface area (Å²) in [6.45, 7) is 1.84. The summed E-state index contributed by atoms with van der Waals surface area (Å²) in [4.78, 5) is 21.5. The third kappa shape index (κ3) is 3.39. The maximum Gasteiger partial charge on any atom is 0.257 e. The molecule has 1 N–H and O–H groups in total. The minimum atomic E-state index is -0.343. The molecule has 0 spiro atoms. The van der Waals surface area contributed by atoms with Gasteiger partial charge in [0.2, 0.25) is 0 Å². The second kappa shape index (κ2) is 7.66. The average molecular weight is 395 g/mol. The predicted molar refractivity (Wildman–Crippen MR) is 103 cm³/mol. The van der Waals surface area contributed by atoms with Gasteiger partial charge in [-0.3, -0.25) is 9.78 Å². The van der Waals surface area contributed by atoms with Crippen LogP contribution in [0.4, 0.5) is 0 Å². The van der Waals surface area contributed by atoms with E-state index in [1.165, 1.54) is 0 Å². The van der Waals surface area contributed by atoms with Crippen molar-refractivity contribution in [3.05, 3.63) is 77.1 Å². The number of carbonyl (C=O) groups is 1. The molecule has 0 unspecified atom stereocenters. The average Bonchev–Trinajstić information content (AvgIpc) is 3.37. The summed E-state index contributed by atoms with van der Waals surface area (Å²) in [5.41, 5.74) is 2.50. The lowest BCUT2D eigenvalue weighted by atomic mass is 10.1. The number of carbonyl (C=O) groups excluding carboxylic acids is 1. The van der Waals surface area contributed by atoms with Crippen LogP contribution in [-0.2, 0) is 6.54 Å². The third-order valence-corrected chi connectivity index (χ3v) is 4.49. The summed E-state index contributed by atoms with van der Waals surface area (Å²) in [5, 5.41) is 7.35. The molecule has 1 amide bonds. The zero-order valence-corrected chi connectivity index (χ0v) is 15.6. The van der Waals surface area contributed by atoms with Crippen molar-refractivity contribution in [1.82, 2.24) is 20.4 Å². The first-order valence-electron chi connectivity index (χ1n) is 8.48. The zero-order chi connectivity index (χ0) is 19.5. The number of aromatic nitrogens is 3. The van der Waals surface area contributed by atoms with Gasteiger partial charge in [0.25, 0.3) is 5.91 Å². The summed E-state index contributed by atoms with van der Waals surface area (Å²) in [5.74, 6) is 0.637. The number of furan rings is 1. The molecular formula is C20H15ClN4O3. The zero-order valence-electron chi connectivity index (χ0n) is 14.8. The molecule has 3 aromatic heterocycles. The second-order valence-electron chi connectivity index (χ2n) is 5.95. The van der Waals surface area contributed by atoms with Crippen molar-refractivity contribution < 1.29 is 13.7 Å². The molecule has 0 radical (unpaired) electrons. The number of amides is 1. The van der Waals surface area contributed by atoms with E-state index >= 15 is 0 Å². The van der Waals surface area contributed by atoms with E-state index in [9.17, 15) is 4.79 Å². The highest BCUT2D eigenvalue weighted by atomic mass is 35.5. The molecule has 1 aromatic carbocycles. The molecule has 0 bridgehead atoms. The first kappa shape index (κ1) is 17.9. The smallest absolute Gasteiger partial charge is 0.257 e. The highest BCUT2D eigenvalue weighted by Crippen LogP contribution is 2.31. The Morgan fingerprint density at radius 2 is 1.93 bits per heavy atom. The molecule has 8 heteroatoms. The van der Waals surface area contributed by atoms with Crippen LogP contribution in [0.3, 0.4) is 0 Å². The fourth-order valence-corrected chi connectivity index (χ4v) is 3.07. The molecule has 7 nitrogen and oxygen atoms in total. The Morgan fingerprint density at radius 1 is 1.11 bits per heavy atom. The van der Waals surface area contributed by atoms with Gasteiger partial charge in [-0.05, 0) is 25.1 Å². The van der Waals surface area contributed by atoms with Gasteiger partial charge in [-0.1, -0.05) is 35.0 Å². The lowest BCUT2D eigenvalue weighted by Crippen LogP contribution is -2.24. The number of hydrogen-bond acceptors (Lipinski definition) is 6. The molecule has 140 valence electrons. The highest BCUT2D eigenvalue weighted by molar-refractivity contribution is 6.33. The first-order valence-corrected chi connectivity index (χ1v) is 8.86. The van der Waals surface area contributed by atoms with Gasteiger partial charge in [0.1, 0.15) is 22.7 Å². The lowest BCUT2D eigenvalue weighted by Gasteiger charge is -2.08. The van der Waals surface area contributed by atoms with Crippen molar-refractivity contribution in [3.8, 4) is 22.7 Å². The molecule has 3 heterocycles. The van der Waals surface area contributed by atoms with Crippen molar-refractivity contribution in [1.29, 1.82) is 0 Å². The van der Waals surface area contributed by atoms with Crippen LogP contribution in [0.1, 0.15) is 21.8 Å². The number of rotatable bonds is 5. The van der Waals surface area contributed by atoms with Crippen LogP contribution in [-0.4, -0.2) is 21.0 Å². The van der Waals surface area contributed by atoms with Gasteiger partial charge < -0.3 is 14.3 Å². The summed E-state index contributed by atoms with van der Waals surface area (Å²) in [7, 11) is 0. The fraction of sp³-hybridized carbons (Fsp3) is 0.100. The molecule has 0 atom stereocenters. The topological polar surface area (TPSA) is 94.1 Å². The summed E-state index contributed by atoms with van der Waals surface area (Å²) in [6, 6.07) is 10.7. The summed E-state index contributed by atoms with van der Waals surface area (Å²) in [6.07, 6.45) is 4.69. The number of aryl methyl sites for hydroxylation is 1. The van der Waals surface area contributed by atoms with Crippen molar-refractivity contribution in [2.24, 2.45) is 0 Å². The van der Waals surface area contributed by atoms with Gasteiger partial charge in [0.15, 0.2) is 5.76 Å². The Balaban J connectivity index is 1.60. The number of hydrogen-bond donors (Lipinski definition) is 1. The third-order valence-electron chi connectivity index (χ3n) is 4.16.